The minimum Gasteiger partial charge on any atom is -0.480 e. The van der Waals surface area contributed by atoms with E-state index >= 15 is 0 Å². The van der Waals surface area contributed by atoms with Crippen LogP contribution in [0.3, 0.4) is 0 Å². The number of amides is 3. The van der Waals surface area contributed by atoms with Gasteiger partial charge in [-0.3, -0.25) is 9.59 Å². The molecule has 3 amide bonds. The average molecular weight is 394 g/mol. The lowest BCUT2D eigenvalue weighted by Gasteiger charge is -2.22. The van der Waals surface area contributed by atoms with Crippen molar-refractivity contribution < 1.29 is 29.0 Å². The predicted octanol–water partition coefficient (Wildman–Crippen LogP) is 0.220. The van der Waals surface area contributed by atoms with Crippen LogP contribution in [0.2, 0.25) is 0 Å². The van der Waals surface area contributed by atoms with Gasteiger partial charge in [0.25, 0.3) is 0 Å². The molecule has 0 bridgehead atoms. The van der Waals surface area contributed by atoms with Crippen molar-refractivity contribution in [1.82, 2.24) is 10.6 Å². The van der Waals surface area contributed by atoms with E-state index in [1.807, 2.05) is 0 Å². The van der Waals surface area contributed by atoms with E-state index in [-0.39, 0.29) is 19.5 Å². The first-order chi connectivity index (χ1) is 13.0. The lowest BCUT2D eigenvalue weighted by atomic mass is 10.1. The Morgan fingerprint density at radius 1 is 1.11 bits per heavy atom. The van der Waals surface area contributed by atoms with E-state index in [9.17, 15) is 24.3 Å². The van der Waals surface area contributed by atoms with Crippen molar-refractivity contribution in [3.8, 4) is 0 Å². The molecule has 10 nitrogen and oxygen atoms in total. The fraction of sp³-hybridized carbons (Fsp3) is 0.444. The number of alkyl carbamates (subject to hydrolysis) is 1. The van der Waals surface area contributed by atoms with Crippen LogP contribution in [0.1, 0.15) is 26.3 Å². The summed E-state index contributed by atoms with van der Waals surface area (Å²) in [5.41, 5.74) is 5.50. The Hall–Kier alpha value is -3.14. The predicted molar refractivity (Wildman–Crippen MR) is 102 cm³/mol. The van der Waals surface area contributed by atoms with Crippen molar-refractivity contribution in [2.75, 3.05) is 18.4 Å². The van der Waals surface area contributed by atoms with Gasteiger partial charge in [-0.1, -0.05) is 12.1 Å². The lowest BCUT2D eigenvalue weighted by molar-refractivity contribution is -0.139. The summed E-state index contributed by atoms with van der Waals surface area (Å²) < 4.78 is 5.07. The van der Waals surface area contributed by atoms with Crippen molar-refractivity contribution in [2.24, 2.45) is 5.73 Å². The van der Waals surface area contributed by atoms with Crippen LogP contribution >= 0.6 is 0 Å². The second kappa shape index (κ2) is 10.3. The van der Waals surface area contributed by atoms with E-state index in [0.717, 1.165) is 0 Å². The molecule has 1 unspecified atom stereocenters. The molecule has 28 heavy (non-hydrogen) atoms. The zero-order valence-corrected chi connectivity index (χ0v) is 16.1. The molecule has 0 aliphatic heterocycles. The van der Waals surface area contributed by atoms with Gasteiger partial charge in [0.15, 0.2) is 0 Å². The summed E-state index contributed by atoms with van der Waals surface area (Å²) in [6, 6.07) is 5.26. The van der Waals surface area contributed by atoms with E-state index in [0.29, 0.717) is 11.3 Å². The Bertz CT molecular complexity index is 712. The first kappa shape index (κ1) is 22.9. The quantitative estimate of drug-likeness (QED) is 0.421. The molecular formula is C18H26N4O6. The minimum absolute atomic E-state index is 0.0371. The van der Waals surface area contributed by atoms with Crippen LogP contribution in [0, 0.1) is 0 Å². The molecule has 0 saturated carbocycles. The standard InChI is InChI=1S/C18H26N4O6/c1-18(2,3)28-17(27)22-13(16(25)26)8-11-4-6-12(7-5-11)21-15(24)10-20-14(23)9-19/h4-7,13H,8-10,19H2,1-3H3,(H,20,23)(H,21,24)(H,22,27)(H,25,26). The maximum atomic E-state index is 11.8. The normalized spacial score (nSPS) is 11.9. The third-order valence-electron chi connectivity index (χ3n) is 3.30. The van der Waals surface area contributed by atoms with Crippen molar-refractivity contribution in [2.45, 2.75) is 38.8 Å². The number of carboxylic acids is 1. The highest BCUT2D eigenvalue weighted by Crippen LogP contribution is 2.12. The summed E-state index contributed by atoms with van der Waals surface area (Å²) in [5, 5.41) is 16.6. The van der Waals surface area contributed by atoms with Crippen molar-refractivity contribution in [3.05, 3.63) is 29.8 Å². The molecular weight excluding hydrogens is 368 g/mol. The fourth-order valence-electron chi connectivity index (χ4n) is 2.07. The molecule has 0 aliphatic rings. The number of hydrogen-bond donors (Lipinski definition) is 5. The molecule has 0 aromatic heterocycles. The number of hydrogen-bond acceptors (Lipinski definition) is 6. The molecule has 1 aromatic carbocycles. The highest BCUT2D eigenvalue weighted by Gasteiger charge is 2.24. The SMILES string of the molecule is CC(C)(C)OC(=O)NC(Cc1ccc(NC(=O)CNC(=O)CN)cc1)C(=O)O. The monoisotopic (exact) mass is 394 g/mol. The molecule has 0 heterocycles. The number of anilines is 1. The lowest BCUT2D eigenvalue weighted by Crippen LogP contribution is -2.44. The second-order valence-electron chi connectivity index (χ2n) is 6.97. The maximum absolute atomic E-state index is 11.8. The number of ether oxygens (including phenoxy) is 1. The summed E-state index contributed by atoms with van der Waals surface area (Å²) >= 11 is 0. The largest absolute Gasteiger partial charge is 0.480 e. The Labute approximate surface area is 162 Å². The average Bonchev–Trinajstić information content (AvgIpc) is 2.59. The highest BCUT2D eigenvalue weighted by molar-refractivity contribution is 5.94. The molecule has 1 atom stereocenters. The first-order valence-corrected chi connectivity index (χ1v) is 8.58. The number of aliphatic carboxylic acids is 1. The van der Waals surface area contributed by atoms with Crippen LogP contribution in [0.15, 0.2) is 24.3 Å². The molecule has 6 N–H and O–H groups in total. The molecule has 0 saturated heterocycles. The van der Waals surface area contributed by atoms with E-state index < -0.39 is 35.5 Å². The molecule has 10 heteroatoms. The van der Waals surface area contributed by atoms with E-state index in [2.05, 4.69) is 16.0 Å². The van der Waals surface area contributed by atoms with E-state index in [4.69, 9.17) is 10.5 Å². The number of rotatable bonds is 8. The van der Waals surface area contributed by atoms with Crippen LogP contribution in [0.25, 0.3) is 0 Å². The molecule has 0 radical (unpaired) electrons. The van der Waals surface area contributed by atoms with E-state index in [1.54, 1.807) is 45.0 Å². The topological polar surface area (TPSA) is 160 Å². The number of carbonyl (C=O) groups is 4. The van der Waals surface area contributed by atoms with Gasteiger partial charge in [0, 0.05) is 12.1 Å². The van der Waals surface area contributed by atoms with Crippen LogP contribution in [0.4, 0.5) is 10.5 Å². The Kier molecular flexibility index (Phi) is 8.39. The smallest absolute Gasteiger partial charge is 0.408 e. The van der Waals surface area contributed by atoms with Crippen LogP contribution in [-0.4, -0.2) is 53.7 Å². The number of carboxylic acid groups (broad SMARTS) is 1. The fourth-order valence-corrected chi connectivity index (χ4v) is 2.07. The second-order valence-corrected chi connectivity index (χ2v) is 6.97. The van der Waals surface area contributed by atoms with Gasteiger partial charge in [0.2, 0.25) is 11.8 Å². The number of benzene rings is 1. The van der Waals surface area contributed by atoms with Gasteiger partial charge in [-0.05, 0) is 38.5 Å². The highest BCUT2D eigenvalue weighted by atomic mass is 16.6. The van der Waals surface area contributed by atoms with Gasteiger partial charge < -0.3 is 31.5 Å². The zero-order chi connectivity index (χ0) is 21.3. The third-order valence-corrected chi connectivity index (χ3v) is 3.30. The maximum Gasteiger partial charge on any atom is 0.408 e. The van der Waals surface area contributed by atoms with Crippen molar-refractivity contribution in [1.29, 1.82) is 0 Å². The summed E-state index contributed by atoms with van der Waals surface area (Å²) in [6.07, 6.45) is -0.779. The van der Waals surface area contributed by atoms with Gasteiger partial charge in [-0.2, -0.15) is 0 Å². The molecule has 0 fully saturated rings. The van der Waals surface area contributed by atoms with Crippen LogP contribution in [0.5, 0.6) is 0 Å². The molecule has 154 valence electrons. The van der Waals surface area contributed by atoms with Crippen LogP contribution in [-0.2, 0) is 25.5 Å². The zero-order valence-electron chi connectivity index (χ0n) is 16.1. The molecule has 1 aromatic rings. The van der Waals surface area contributed by atoms with Crippen LogP contribution < -0.4 is 21.7 Å². The van der Waals surface area contributed by atoms with E-state index in [1.165, 1.54) is 0 Å². The number of nitrogens with one attached hydrogen (secondary N) is 3. The van der Waals surface area contributed by atoms with Crippen molar-refractivity contribution >= 4 is 29.6 Å². The Morgan fingerprint density at radius 3 is 2.21 bits per heavy atom. The third kappa shape index (κ3) is 8.99. The van der Waals surface area contributed by atoms with Gasteiger partial charge in [0.05, 0.1) is 13.1 Å². The van der Waals surface area contributed by atoms with Gasteiger partial charge >= 0.3 is 12.1 Å². The van der Waals surface area contributed by atoms with Gasteiger partial charge in [0.1, 0.15) is 11.6 Å². The number of carbonyl (C=O) groups excluding carboxylic acids is 3. The van der Waals surface area contributed by atoms with Crippen molar-refractivity contribution in [3.63, 3.8) is 0 Å². The number of nitrogens with two attached hydrogens (primary N) is 1. The van der Waals surface area contributed by atoms with Gasteiger partial charge in [-0.15, -0.1) is 0 Å². The first-order valence-electron chi connectivity index (χ1n) is 8.58. The molecule has 0 aliphatic carbocycles. The molecule has 1 rings (SSSR count). The molecule has 0 spiro atoms. The Morgan fingerprint density at radius 2 is 1.71 bits per heavy atom. The summed E-state index contributed by atoms with van der Waals surface area (Å²) in [6.45, 7) is 4.62. The summed E-state index contributed by atoms with van der Waals surface area (Å²) in [4.78, 5) is 45.9. The minimum atomic E-state index is -1.20. The van der Waals surface area contributed by atoms with Gasteiger partial charge in [-0.25, -0.2) is 9.59 Å². The summed E-state index contributed by atoms with van der Waals surface area (Å²) in [5.74, 6) is -2.06. The Balaban J connectivity index is 2.63. The summed E-state index contributed by atoms with van der Waals surface area (Å²) in [7, 11) is 0.